The lowest BCUT2D eigenvalue weighted by atomic mass is 10.0. The van der Waals surface area contributed by atoms with Crippen LogP contribution >= 0.6 is 0 Å². The van der Waals surface area contributed by atoms with E-state index in [0.29, 0.717) is 31.7 Å². The molecular formula is C26H34N4O2. The molecule has 0 radical (unpaired) electrons. The van der Waals surface area contributed by atoms with Gasteiger partial charge in [-0.3, -0.25) is 14.5 Å². The van der Waals surface area contributed by atoms with Gasteiger partial charge in [0.1, 0.15) is 0 Å². The molecule has 0 saturated carbocycles. The first-order chi connectivity index (χ1) is 15.5. The van der Waals surface area contributed by atoms with Gasteiger partial charge < -0.3 is 14.7 Å². The third-order valence-electron chi connectivity index (χ3n) is 6.65. The second-order valence-corrected chi connectivity index (χ2v) is 9.01. The van der Waals surface area contributed by atoms with Gasteiger partial charge >= 0.3 is 0 Å². The van der Waals surface area contributed by atoms with Crippen LogP contribution < -0.4 is 0 Å². The van der Waals surface area contributed by atoms with Gasteiger partial charge in [-0.2, -0.15) is 0 Å². The Bertz CT molecular complexity index is 918. The van der Waals surface area contributed by atoms with Gasteiger partial charge in [0, 0.05) is 58.3 Å². The maximum atomic E-state index is 12.8. The lowest BCUT2D eigenvalue weighted by molar-refractivity contribution is -0.130. The van der Waals surface area contributed by atoms with Crippen LogP contribution in [0.4, 0.5) is 0 Å². The predicted molar refractivity (Wildman–Crippen MR) is 127 cm³/mol. The summed E-state index contributed by atoms with van der Waals surface area (Å²) in [5.74, 6) is 0.115. The number of carbonyl (C=O) groups is 2. The first-order valence-electron chi connectivity index (χ1n) is 11.6. The number of hydrogen-bond acceptors (Lipinski definition) is 4. The summed E-state index contributed by atoms with van der Waals surface area (Å²) in [7, 11) is 2.20. The number of amides is 2. The van der Waals surface area contributed by atoms with Crippen molar-refractivity contribution in [3.05, 3.63) is 59.7 Å². The van der Waals surface area contributed by atoms with Crippen molar-refractivity contribution < 1.29 is 9.59 Å². The highest BCUT2D eigenvalue weighted by molar-refractivity contribution is 5.95. The second kappa shape index (κ2) is 10.3. The van der Waals surface area contributed by atoms with Crippen molar-refractivity contribution in [3.8, 4) is 11.1 Å². The lowest BCUT2D eigenvalue weighted by Gasteiger charge is -2.34. The van der Waals surface area contributed by atoms with Gasteiger partial charge in [0.05, 0.1) is 0 Å². The van der Waals surface area contributed by atoms with Gasteiger partial charge in [-0.05, 0) is 55.4 Å². The summed E-state index contributed by atoms with van der Waals surface area (Å²) in [6.45, 7) is 9.58. The van der Waals surface area contributed by atoms with Crippen LogP contribution in [0.2, 0.25) is 0 Å². The fourth-order valence-corrected chi connectivity index (χ4v) is 4.53. The number of rotatable bonds is 4. The van der Waals surface area contributed by atoms with E-state index in [2.05, 4.69) is 41.1 Å². The smallest absolute Gasteiger partial charge is 0.253 e. The molecule has 4 rings (SSSR count). The summed E-state index contributed by atoms with van der Waals surface area (Å²) in [4.78, 5) is 32.9. The van der Waals surface area contributed by atoms with E-state index in [4.69, 9.17) is 0 Å². The first kappa shape index (κ1) is 22.5. The molecule has 2 heterocycles. The van der Waals surface area contributed by atoms with Gasteiger partial charge in [-0.1, -0.05) is 36.4 Å². The van der Waals surface area contributed by atoms with E-state index in [1.807, 2.05) is 29.2 Å². The lowest BCUT2D eigenvalue weighted by Crippen LogP contribution is -2.50. The normalized spacial score (nSPS) is 18.4. The Kier molecular flexibility index (Phi) is 7.22. The van der Waals surface area contributed by atoms with Gasteiger partial charge in [0.15, 0.2) is 0 Å². The molecule has 0 aliphatic carbocycles. The number of benzene rings is 2. The predicted octanol–water partition coefficient (Wildman–Crippen LogP) is 2.80. The van der Waals surface area contributed by atoms with E-state index >= 15 is 0 Å². The van der Waals surface area contributed by atoms with Gasteiger partial charge in [0.2, 0.25) is 5.91 Å². The van der Waals surface area contributed by atoms with E-state index < -0.39 is 0 Å². The molecule has 6 heteroatoms. The van der Waals surface area contributed by atoms with Crippen molar-refractivity contribution in [2.75, 3.05) is 59.4 Å². The number of hydrogen-bond donors (Lipinski definition) is 0. The summed E-state index contributed by atoms with van der Waals surface area (Å²) in [5.41, 5.74) is 4.33. The molecule has 6 nitrogen and oxygen atoms in total. The Morgan fingerprint density at radius 3 is 1.94 bits per heavy atom. The number of carbonyl (C=O) groups excluding carboxylic acids is 2. The Morgan fingerprint density at radius 1 is 0.719 bits per heavy atom. The minimum atomic E-state index is 0.0400. The number of nitrogens with zero attached hydrogens (tertiary/aromatic N) is 4. The Hall–Kier alpha value is -2.70. The third kappa shape index (κ3) is 5.56. The topological polar surface area (TPSA) is 47.1 Å². The van der Waals surface area contributed by atoms with Crippen LogP contribution in [0.3, 0.4) is 0 Å². The monoisotopic (exact) mass is 434 g/mol. The molecule has 2 aromatic carbocycles. The van der Waals surface area contributed by atoms with Crippen LogP contribution in [0.1, 0.15) is 29.3 Å². The van der Waals surface area contributed by atoms with Crippen LogP contribution in [0.5, 0.6) is 0 Å². The molecule has 0 spiro atoms. The fraction of sp³-hybridized carbons (Fsp3) is 0.462. The molecule has 0 N–H and O–H groups in total. The Morgan fingerprint density at radius 2 is 1.31 bits per heavy atom. The fourth-order valence-electron chi connectivity index (χ4n) is 4.53. The molecule has 0 atom stereocenters. The van der Waals surface area contributed by atoms with Crippen molar-refractivity contribution in [1.29, 1.82) is 0 Å². The van der Waals surface area contributed by atoms with Crippen LogP contribution in [0.15, 0.2) is 48.5 Å². The number of piperazine rings is 1. The molecule has 0 aromatic heterocycles. The zero-order valence-corrected chi connectivity index (χ0v) is 19.3. The van der Waals surface area contributed by atoms with Crippen molar-refractivity contribution in [2.45, 2.75) is 19.9 Å². The molecule has 170 valence electrons. The third-order valence-corrected chi connectivity index (χ3v) is 6.65. The summed E-state index contributed by atoms with van der Waals surface area (Å²) in [6, 6.07) is 16.7. The Balaban J connectivity index is 1.34. The van der Waals surface area contributed by atoms with Crippen LogP contribution in [-0.4, -0.2) is 90.8 Å². The molecular weight excluding hydrogens is 400 g/mol. The van der Waals surface area contributed by atoms with E-state index in [9.17, 15) is 9.59 Å². The maximum Gasteiger partial charge on any atom is 0.253 e. The molecule has 0 bridgehead atoms. The molecule has 2 fully saturated rings. The zero-order valence-electron chi connectivity index (χ0n) is 19.3. The van der Waals surface area contributed by atoms with E-state index in [0.717, 1.165) is 31.7 Å². The summed E-state index contributed by atoms with van der Waals surface area (Å²) < 4.78 is 0. The summed E-state index contributed by atoms with van der Waals surface area (Å²) in [5, 5.41) is 0. The minimum absolute atomic E-state index is 0.0400. The molecule has 0 unspecified atom stereocenters. The summed E-state index contributed by atoms with van der Waals surface area (Å²) in [6.07, 6.45) is 1.23. The van der Waals surface area contributed by atoms with E-state index in [1.54, 1.807) is 11.8 Å². The highest BCUT2D eigenvalue weighted by atomic mass is 16.2. The van der Waals surface area contributed by atoms with Gasteiger partial charge in [0.25, 0.3) is 5.91 Å². The Labute approximate surface area is 191 Å². The van der Waals surface area contributed by atoms with Crippen molar-refractivity contribution in [3.63, 3.8) is 0 Å². The molecule has 2 aliphatic heterocycles. The zero-order chi connectivity index (χ0) is 22.5. The van der Waals surface area contributed by atoms with Crippen LogP contribution in [-0.2, 0) is 11.3 Å². The minimum Gasteiger partial charge on any atom is -0.339 e. The van der Waals surface area contributed by atoms with Crippen molar-refractivity contribution in [1.82, 2.24) is 19.6 Å². The second-order valence-electron chi connectivity index (χ2n) is 9.01. The van der Waals surface area contributed by atoms with Crippen LogP contribution in [0, 0.1) is 0 Å². The quantitative estimate of drug-likeness (QED) is 0.743. The number of likely N-dealkylation sites (N-methyl/N-ethyl adjacent to an activating group) is 1. The maximum absolute atomic E-state index is 12.8. The molecule has 2 aliphatic rings. The average Bonchev–Trinajstić information content (AvgIpc) is 3.03. The SMILES string of the molecule is CC(=O)N1CCN(C(=O)c2ccc(-c3ccc(CN4CCCN(C)CC4)cc3)cc2)CC1. The van der Waals surface area contributed by atoms with Crippen molar-refractivity contribution >= 4 is 11.8 Å². The van der Waals surface area contributed by atoms with Crippen molar-refractivity contribution in [2.24, 2.45) is 0 Å². The van der Waals surface area contributed by atoms with Crippen LogP contribution in [0.25, 0.3) is 11.1 Å². The molecule has 2 aromatic rings. The highest BCUT2D eigenvalue weighted by Gasteiger charge is 2.23. The van der Waals surface area contributed by atoms with E-state index in [1.165, 1.54) is 24.1 Å². The van der Waals surface area contributed by atoms with E-state index in [-0.39, 0.29) is 11.8 Å². The summed E-state index contributed by atoms with van der Waals surface area (Å²) >= 11 is 0. The standard InChI is InChI=1S/C26H34N4O2/c1-21(31)29-16-18-30(19-17-29)26(32)25-10-8-24(9-11-25)23-6-4-22(5-7-23)20-28-13-3-12-27(2)14-15-28/h4-11H,3,12-20H2,1-2H3. The molecule has 2 saturated heterocycles. The highest BCUT2D eigenvalue weighted by Crippen LogP contribution is 2.22. The molecule has 2 amide bonds. The largest absolute Gasteiger partial charge is 0.339 e. The first-order valence-corrected chi connectivity index (χ1v) is 11.6. The van der Waals surface area contributed by atoms with Gasteiger partial charge in [-0.25, -0.2) is 0 Å². The van der Waals surface area contributed by atoms with Gasteiger partial charge in [-0.15, -0.1) is 0 Å². The molecule has 32 heavy (non-hydrogen) atoms. The average molecular weight is 435 g/mol.